The van der Waals surface area contributed by atoms with Gasteiger partial charge in [-0.05, 0) is 60.6 Å². The number of alkyl halides is 3. The zero-order valence-electron chi connectivity index (χ0n) is 20.9. The average Bonchev–Trinajstić information content (AvgIpc) is 3.40. The molecular formula is C28H22F3N5OS2. The third-order valence-electron chi connectivity index (χ3n) is 6.12. The van der Waals surface area contributed by atoms with Crippen LogP contribution in [-0.4, -0.2) is 29.6 Å². The summed E-state index contributed by atoms with van der Waals surface area (Å²) in [6.07, 6.45) is -4.47. The van der Waals surface area contributed by atoms with Crippen molar-refractivity contribution in [2.75, 3.05) is 23.8 Å². The van der Waals surface area contributed by atoms with Crippen LogP contribution in [0.25, 0.3) is 0 Å². The highest BCUT2D eigenvalue weighted by Gasteiger charge is 2.40. The van der Waals surface area contributed by atoms with Gasteiger partial charge in [-0.2, -0.15) is 18.4 Å². The van der Waals surface area contributed by atoms with Gasteiger partial charge in [-0.25, -0.2) is 4.99 Å². The number of nitrogens with zero attached hydrogens (tertiary/aromatic N) is 4. The Morgan fingerprint density at radius 1 is 1.05 bits per heavy atom. The van der Waals surface area contributed by atoms with E-state index in [1.165, 1.54) is 29.6 Å². The topological polar surface area (TPSA) is 71.7 Å². The minimum absolute atomic E-state index is 0.266. The molecule has 0 aromatic heterocycles. The molecule has 0 radical (unpaired) electrons. The highest BCUT2D eigenvalue weighted by atomic mass is 32.2. The zero-order valence-corrected chi connectivity index (χ0v) is 22.5. The lowest BCUT2D eigenvalue weighted by Gasteiger charge is -2.17. The molecule has 3 aromatic carbocycles. The van der Waals surface area contributed by atoms with E-state index in [0.717, 1.165) is 17.7 Å². The van der Waals surface area contributed by atoms with Crippen LogP contribution in [0.5, 0.6) is 0 Å². The summed E-state index contributed by atoms with van der Waals surface area (Å²) in [5.74, 6) is -0.286. The van der Waals surface area contributed by atoms with Gasteiger partial charge in [-0.3, -0.25) is 9.69 Å². The predicted molar refractivity (Wildman–Crippen MR) is 150 cm³/mol. The molecule has 5 rings (SSSR count). The molecule has 2 aliphatic rings. The van der Waals surface area contributed by atoms with Crippen molar-refractivity contribution >= 4 is 51.7 Å². The smallest absolute Gasteiger partial charge is 0.384 e. The maximum atomic E-state index is 13.8. The second-order valence-electron chi connectivity index (χ2n) is 8.72. The van der Waals surface area contributed by atoms with E-state index >= 15 is 0 Å². The number of thioether (sulfide) groups is 2. The maximum absolute atomic E-state index is 13.8. The van der Waals surface area contributed by atoms with Crippen LogP contribution in [-0.2, 0) is 17.5 Å². The Bertz CT molecular complexity index is 1550. The molecule has 0 bridgehead atoms. The second kappa shape index (κ2) is 10.7. The lowest BCUT2D eigenvalue weighted by molar-refractivity contribution is -0.137. The SMILES string of the molecule is CCNc1ccc(N=C2S/C(=C3/Sc4ccc(C(F)(F)F)cc4N3C)C(=O)N2Cc2ccccc2)cc1C#N. The highest BCUT2D eigenvalue weighted by Crippen LogP contribution is 2.51. The van der Waals surface area contributed by atoms with Crippen molar-refractivity contribution in [3.63, 3.8) is 0 Å². The molecule has 0 unspecified atom stereocenters. The van der Waals surface area contributed by atoms with Crippen LogP contribution in [0.4, 0.5) is 30.2 Å². The number of carbonyl (C=O) groups excluding carboxylic acids is 1. The van der Waals surface area contributed by atoms with E-state index in [1.54, 1.807) is 35.0 Å². The fourth-order valence-electron chi connectivity index (χ4n) is 4.20. The summed E-state index contributed by atoms with van der Waals surface area (Å²) >= 11 is 2.43. The van der Waals surface area contributed by atoms with Crippen molar-refractivity contribution in [2.24, 2.45) is 4.99 Å². The van der Waals surface area contributed by atoms with E-state index in [4.69, 9.17) is 4.99 Å². The van der Waals surface area contributed by atoms with Gasteiger partial charge in [0, 0.05) is 18.5 Å². The maximum Gasteiger partial charge on any atom is 0.416 e. The normalized spacial score (nSPS) is 18.1. The minimum atomic E-state index is -4.47. The van der Waals surface area contributed by atoms with Crippen molar-refractivity contribution in [1.82, 2.24) is 4.90 Å². The molecule has 2 heterocycles. The Labute approximate surface area is 232 Å². The van der Waals surface area contributed by atoms with Crippen LogP contribution < -0.4 is 10.2 Å². The number of benzene rings is 3. The molecule has 39 heavy (non-hydrogen) atoms. The largest absolute Gasteiger partial charge is 0.416 e. The summed E-state index contributed by atoms with van der Waals surface area (Å²) in [5.41, 5.74) is 2.19. The van der Waals surface area contributed by atoms with Gasteiger partial charge in [-0.15, -0.1) is 0 Å². The fraction of sp³-hybridized carbons (Fsp3) is 0.179. The third-order valence-corrected chi connectivity index (χ3v) is 8.55. The van der Waals surface area contributed by atoms with Gasteiger partial charge in [0.1, 0.15) is 11.0 Å². The molecule has 1 saturated heterocycles. The number of rotatable bonds is 5. The van der Waals surface area contributed by atoms with Gasteiger partial charge in [0.15, 0.2) is 5.17 Å². The van der Waals surface area contributed by atoms with Crippen LogP contribution >= 0.6 is 23.5 Å². The van der Waals surface area contributed by atoms with Crippen LogP contribution in [0.15, 0.2) is 86.6 Å². The first-order valence-electron chi connectivity index (χ1n) is 12.0. The van der Waals surface area contributed by atoms with Crippen molar-refractivity contribution < 1.29 is 18.0 Å². The molecule has 0 aliphatic carbocycles. The molecule has 1 amide bonds. The molecule has 1 N–H and O–H groups in total. The molecule has 6 nitrogen and oxygen atoms in total. The molecular weight excluding hydrogens is 543 g/mol. The zero-order chi connectivity index (χ0) is 27.7. The van der Waals surface area contributed by atoms with Crippen LogP contribution in [0.3, 0.4) is 0 Å². The Balaban J connectivity index is 1.55. The van der Waals surface area contributed by atoms with Crippen molar-refractivity contribution in [2.45, 2.75) is 24.5 Å². The fourth-order valence-corrected chi connectivity index (χ4v) is 6.52. The number of hydrogen-bond donors (Lipinski definition) is 1. The Morgan fingerprint density at radius 2 is 1.82 bits per heavy atom. The van der Waals surface area contributed by atoms with Gasteiger partial charge < -0.3 is 10.2 Å². The summed E-state index contributed by atoms with van der Waals surface area (Å²) in [7, 11) is 1.66. The van der Waals surface area contributed by atoms with Gasteiger partial charge >= 0.3 is 6.18 Å². The van der Waals surface area contributed by atoms with Crippen molar-refractivity contribution in [1.29, 1.82) is 5.26 Å². The highest BCUT2D eigenvalue weighted by molar-refractivity contribution is 8.19. The summed E-state index contributed by atoms with van der Waals surface area (Å²) in [5, 5.41) is 13.7. The third kappa shape index (κ3) is 5.35. The molecule has 1 fully saturated rings. The summed E-state index contributed by atoms with van der Waals surface area (Å²) in [6.45, 7) is 2.86. The minimum Gasteiger partial charge on any atom is -0.384 e. The Hall–Kier alpha value is -3.88. The number of amidine groups is 1. The number of nitriles is 1. The molecule has 2 aliphatic heterocycles. The first-order chi connectivity index (χ1) is 18.7. The van der Waals surface area contributed by atoms with Crippen LogP contribution in [0.1, 0.15) is 23.6 Å². The van der Waals surface area contributed by atoms with Crippen LogP contribution in [0.2, 0.25) is 0 Å². The van der Waals surface area contributed by atoms with E-state index in [1.807, 2.05) is 37.3 Å². The van der Waals surface area contributed by atoms with Crippen LogP contribution in [0, 0.1) is 11.3 Å². The van der Waals surface area contributed by atoms with E-state index in [-0.39, 0.29) is 12.5 Å². The van der Waals surface area contributed by atoms with Gasteiger partial charge in [0.05, 0.1) is 39.8 Å². The number of halogens is 3. The first kappa shape index (κ1) is 26.7. The molecule has 0 spiro atoms. The first-order valence-corrected chi connectivity index (χ1v) is 13.6. The number of nitrogens with one attached hydrogen (secondary N) is 1. The average molecular weight is 566 g/mol. The van der Waals surface area contributed by atoms with Crippen molar-refractivity contribution in [3.8, 4) is 6.07 Å². The number of fused-ring (bicyclic) bond motifs is 1. The van der Waals surface area contributed by atoms with E-state index in [0.29, 0.717) is 49.2 Å². The molecule has 3 aromatic rings. The Morgan fingerprint density at radius 3 is 2.51 bits per heavy atom. The summed E-state index contributed by atoms with van der Waals surface area (Å²) in [6, 6.07) is 20.4. The van der Waals surface area contributed by atoms with Gasteiger partial charge in [0.2, 0.25) is 0 Å². The van der Waals surface area contributed by atoms with E-state index in [9.17, 15) is 23.2 Å². The Kier molecular flexibility index (Phi) is 7.34. The number of carbonyl (C=O) groups is 1. The quantitative estimate of drug-likeness (QED) is 0.331. The lowest BCUT2D eigenvalue weighted by atomic mass is 10.1. The molecule has 11 heteroatoms. The number of aliphatic imine (C=N–C) groups is 1. The summed E-state index contributed by atoms with van der Waals surface area (Å²) in [4.78, 5) is 22.7. The molecule has 0 atom stereocenters. The van der Waals surface area contributed by atoms with Crippen molar-refractivity contribution in [3.05, 3.63) is 93.4 Å². The number of amides is 1. The molecule has 198 valence electrons. The summed E-state index contributed by atoms with van der Waals surface area (Å²) < 4.78 is 40.0. The van der Waals surface area contributed by atoms with Gasteiger partial charge in [-0.1, -0.05) is 42.1 Å². The number of hydrogen-bond acceptors (Lipinski definition) is 7. The van der Waals surface area contributed by atoms with E-state index in [2.05, 4.69) is 11.4 Å². The van der Waals surface area contributed by atoms with E-state index < -0.39 is 11.7 Å². The monoisotopic (exact) mass is 565 g/mol. The number of anilines is 2. The lowest BCUT2D eigenvalue weighted by Crippen LogP contribution is -2.29. The predicted octanol–water partition coefficient (Wildman–Crippen LogP) is 7.18. The second-order valence-corrected chi connectivity index (χ2v) is 10.7. The molecule has 0 saturated carbocycles. The van der Waals surface area contributed by atoms with Gasteiger partial charge in [0.25, 0.3) is 5.91 Å². The standard InChI is InChI=1S/C28H22F3N5OS2/c1-3-33-21-11-10-20(13-18(21)15-32)34-27-36(16-17-7-5-4-6-8-17)25(37)24(39-27)26-35(2)22-14-19(28(29,30)31)9-12-23(22)38-26/h4-14,33H,3,16H2,1-2H3/b26-24+,34-27?.